The van der Waals surface area contributed by atoms with Gasteiger partial charge in [0.1, 0.15) is 11.5 Å². The summed E-state index contributed by atoms with van der Waals surface area (Å²) in [5.74, 6) is 1.63. The van der Waals surface area contributed by atoms with Crippen LogP contribution in [0.25, 0.3) is 6.08 Å². The van der Waals surface area contributed by atoms with Crippen molar-refractivity contribution in [3.05, 3.63) is 53.8 Å². The number of carbonyl (C=O) groups is 1. The Balaban J connectivity index is 1.19. The van der Waals surface area contributed by atoms with Crippen molar-refractivity contribution in [3.63, 3.8) is 0 Å². The third-order valence-corrected chi connectivity index (χ3v) is 8.74. The van der Waals surface area contributed by atoms with E-state index in [2.05, 4.69) is 10.1 Å². The van der Waals surface area contributed by atoms with E-state index in [4.69, 9.17) is 14.6 Å². The van der Waals surface area contributed by atoms with Gasteiger partial charge in [-0.25, -0.2) is 0 Å². The van der Waals surface area contributed by atoms with Crippen LogP contribution >= 0.6 is 35.3 Å². The minimum Gasteiger partial charge on any atom is -0.493 e. The third kappa shape index (κ3) is 5.61. The zero-order chi connectivity index (χ0) is 23.3. The highest BCUT2D eigenvalue weighted by molar-refractivity contribution is 8.45. The summed E-state index contributed by atoms with van der Waals surface area (Å²) in [6, 6.07) is 13.4. The Morgan fingerprint density at radius 2 is 2.00 bits per heavy atom. The van der Waals surface area contributed by atoms with Gasteiger partial charge in [-0.15, -0.1) is 5.10 Å². The molecule has 1 saturated carbocycles. The Hall–Kier alpha value is -2.43. The van der Waals surface area contributed by atoms with Gasteiger partial charge >= 0.3 is 0 Å². The molecule has 5 rings (SSSR count). The van der Waals surface area contributed by atoms with Gasteiger partial charge in [0.15, 0.2) is 15.3 Å². The summed E-state index contributed by atoms with van der Waals surface area (Å²) in [6.07, 6.45) is 7.89. The number of furan rings is 1. The molecule has 0 radical (unpaired) electrons. The largest absolute Gasteiger partial charge is 0.493 e. The van der Waals surface area contributed by atoms with Gasteiger partial charge < -0.3 is 9.15 Å². The second-order valence-electron chi connectivity index (χ2n) is 7.93. The number of amidine groups is 2. The first-order valence-corrected chi connectivity index (χ1v) is 13.9. The molecule has 10 heteroatoms. The maximum atomic E-state index is 12.6. The highest BCUT2D eigenvalue weighted by Crippen LogP contribution is 2.36. The number of fused-ring (bicyclic) bond motifs is 1. The van der Waals surface area contributed by atoms with E-state index in [9.17, 15) is 4.79 Å². The standard InChI is InChI=1S/C24H24N4O3S3/c25-21-19(15-17-11-12-20(31-17)33-18-9-5-2-6-10-18)22(29)26-23-28(21)27-24(34-23)32-14-13-30-16-7-3-1-4-8-16/h1,3-4,7-8,11-12,15,18,25H,2,5-6,9-10,13-14H2/b19-15-,25-21?. The number of thioether (sulfide) groups is 3. The van der Waals surface area contributed by atoms with Crippen LogP contribution in [0.5, 0.6) is 5.75 Å². The summed E-state index contributed by atoms with van der Waals surface area (Å²) in [5.41, 5.74) is 0.176. The number of hydrogen-bond donors (Lipinski definition) is 1. The van der Waals surface area contributed by atoms with Gasteiger partial charge in [0.05, 0.1) is 12.2 Å². The maximum absolute atomic E-state index is 12.6. The first-order valence-electron chi connectivity index (χ1n) is 11.2. The summed E-state index contributed by atoms with van der Waals surface area (Å²) in [6.45, 7) is 0.530. The number of amides is 1. The van der Waals surface area contributed by atoms with E-state index in [0.717, 1.165) is 15.2 Å². The molecule has 0 bridgehead atoms. The lowest BCUT2D eigenvalue weighted by Crippen LogP contribution is -2.35. The van der Waals surface area contributed by atoms with Gasteiger partial charge in [-0.05, 0) is 54.9 Å². The molecule has 176 valence electrons. The molecular formula is C24H24N4O3S3. The average Bonchev–Trinajstić information content (AvgIpc) is 3.47. The third-order valence-electron chi connectivity index (χ3n) is 5.48. The van der Waals surface area contributed by atoms with Gasteiger partial charge in [-0.3, -0.25) is 10.2 Å². The Bertz CT molecular complexity index is 1150. The molecule has 3 aliphatic rings. The summed E-state index contributed by atoms with van der Waals surface area (Å²) in [4.78, 5) is 16.8. The number of carbonyl (C=O) groups excluding carboxylic acids is 1. The minimum atomic E-state index is -0.449. The Morgan fingerprint density at radius 3 is 2.82 bits per heavy atom. The molecule has 0 atom stereocenters. The molecule has 0 unspecified atom stereocenters. The molecule has 2 aromatic rings. The Morgan fingerprint density at radius 1 is 1.18 bits per heavy atom. The fraction of sp³-hybridized carbons (Fsp3) is 0.333. The number of rotatable bonds is 7. The highest BCUT2D eigenvalue weighted by Gasteiger charge is 2.36. The predicted molar refractivity (Wildman–Crippen MR) is 141 cm³/mol. The Labute approximate surface area is 211 Å². The number of hydrazone groups is 1. The van der Waals surface area contributed by atoms with Crippen LogP contribution in [0.2, 0.25) is 0 Å². The van der Waals surface area contributed by atoms with Gasteiger partial charge in [-0.2, -0.15) is 10.0 Å². The first kappa shape index (κ1) is 23.3. The zero-order valence-corrected chi connectivity index (χ0v) is 20.9. The molecule has 3 heterocycles. The molecule has 1 aromatic heterocycles. The van der Waals surface area contributed by atoms with Crippen LogP contribution in [0.4, 0.5) is 0 Å². The van der Waals surface area contributed by atoms with E-state index < -0.39 is 5.91 Å². The summed E-state index contributed by atoms with van der Waals surface area (Å²) < 4.78 is 12.4. The van der Waals surface area contributed by atoms with Gasteiger partial charge in [0.2, 0.25) is 5.17 Å². The van der Waals surface area contributed by atoms with Crippen molar-refractivity contribution in [2.24, 2.45) is 10.1 Å². The number of hydrogen-bond acceptors (Lipinski definition) is 8. The smallest absolute Gasteiger partial charge is 0.283 e. The van der Waals surface area contributed by atoms with Crippen LogP contribution in [0.15, 0.2) is 67.6 Å². The molecule has 1 fully saturated rings. The minimum absolute atomic E-state index is 0.0107. The van der Waals surface area contributed by atoms with Crippen molar-refractivity contribution < 1.29 is 13.9 Å². The van der Waals surface area contributed by atoms with E-state index in [0.29, 0.717) is 28.5 Å². The number of para-hydroxylation sites is 1. The quantitative estimate of drug-likeness (QED) is 0.354. The summed E-state index contributed by atoms with van der Waals surface area (Å²) in [7, 11) is 0. The fourth-order valence-corrected chi connectivity index (χ4v) is 6.81. The molecular weight excluding hydrogens is 488 g/mol. The number of aliphatic imine (C=N–C) groups is 1. The van der Waals surface area contributed by atoms with E-state index in [1.54, 1.807) is 17.8 Å². The van der Waals surface area contributed by atoms with E-state index in [1.807, 2.05) is 42.5 Å². The Kier molecular flexibility index (Phi) is 7.46. The van der Waals surface area contributed by atoms with Crippen molar-refractivity contribution >= 4 is 62.6 Å². The molecule has 34 heavy (non-hydrogen) atoms. The van der Waals surface area contributed by atoms with Crippen molar-refractivity contribution in [2.45, 2.75) is 42.4 Å². The average molecular weight is 513 g/mol. The zero-order valence-electron chi connectivity index (χ0n) is 18.4. The molecule has 1 aliphatic carbocycles. The molecule has 0 spiro atoms. The molecule has 1 N–H and O–H groups in total. The predicted octanol–water partition coefficient (Wildman–Crippen LogP) is 6.09. The lowest BCUT2D eigenvalue weighted by molar-refractivity contribution is -0.114. The second kappa shape index (κ2) is 10.9. The number of nitrogens with zero attached hydrogens (tertiary/aromatic N) is 3. The van der Waals surface area contributed by atoms with Gasteiger partial charge in [-0.1, -0.05) is 61.0 Å². The molecule has 7 nitrogen and oxygen atoms in total. The second-order valence-corrected chi connectivity index (χ2v) is 11.5. The maximum Gasteiger partial charge on any atom is 0.283 e. The number of ether oxygens (including phenoxy) is 1. The number of benzene rings is 1. The van der Waals surface area contributed by atoms with E-state index >= 15 is 0 Å². The van der Waals surface area contributed by atoms with Crippen molar-refractivity contribution in [2.75, 3.05) is 12.4 Å². The van der Waals surface area contributed by atoms with Crippen LogP contribution in [0, 0.1) is 5.41 Å². The first-order chi connectivity index (χ1) is 16.7. The molecule has 1 aromatic carbocycles. The van der Waals surface area contributed by atoms with Crippen LogP contribution in [0.3, 0.4) is 0 Å². The van der Waals surface area contributed by atoms with Gasteiger partial charge in [0.25, 0.3) is 5.91 Å². The highest BCUT2D eigenvalue weighted by atomic mass is 32.2. The SMILES string of the molecule is N=C1/C(=C/c2ccc(SC3CCCCC3)o2)C(=O)N=C2SC(SCCOc3ccccc3)=NN12. The summed E-state index contributed by atoms with van der Waals surface area (Å²) in [5, 5.41) is 16.3. The lowest BCUT2D eigenvalue weighted by Gasteiger charge is -2.20. The lowest BCUT2D eigenvalue weighted by atomic mass is 10.0. The van der Waals surface area contributed by atoms with Crippen LogP contribution in [0.1, 0.15) is 37.9 Å². The molecule has 0 saturated heterocycles. The van der Waals surface area contributed by atoms with Crippen LogP contribution < -0.4 is 4.74 Å². The van der Waals surface area contributed by atoms with Crippen LogP contribution in [-0.2, 0) is 4.79 Å². The van der Waals surface area contributed by atoms with Crippen LogP contribution in [-0.4, -0.2) is 43.9 Å². The van der Waals surface area contributed by atoms with E-state index in [1.165, 1.54) is 60.6 Å². The molecule has 1 amide bonds. The van der Waals surface area contributed by atoms with Crippen molar-refractivity contribution in [1.82, 2.24) is 5.01 Å². The number of nitrogens with one attached hydrogen (secondary N) is 1. The summed E-state index contributed by atoms with van der Waals surface area (Å²) >= 11 is 4.57. The fourth-order valence-electron chi connectivity index (χ4n) is 3.80. The monoisotopic (exact) mass is 512 g/mol. The van der Waals surface area contributed by atoms with Crippen molar-refractivity contribution in [1.29, 1.82) is 5.41 Å². The van der Waals surface area contributed by atoms with Crippen molar-refractivity contribution in [3.8, 4) is 5.75 Å². The van der Waals surface area contributed by atoms with Gasteiger partial charge in [0, 0.05) is 11.0 Å². The molecule has 2 aliphatic heterocycles. The normalized spacial score (nSPS) is 19.9. The van der Waals surface area contributed by atoms with E-state index in [-0.39, 0.29) is 11.4 Å². The topological polar surface area (TPSA) is 91.2 Å².